The molecule has 1 amide bonds. The Morgan fingerprint density at radius 3 is 2.82 bits per heavy atom. The van der Waals surface area contributed by atoms with Gasteiger partial charge in [-0.2, -0.15) is 0 Å². The third-order valence-corrected chi connectivity index (χ3v) is 3.71. The van der Waals surface area contributed by atoms with Crippen molar-refractivity contribution in [2.45, 2.75) is 26.3 Å². The fourth-order valence-electron chi connectivity index (χ4n) is 1.95. The van der Waals surface area contributed by atoms with Gasteiger partial charge in [-0.1, -0.05) is 18.2 Å². The summed E-state index contributed by atoms with van der Waals surface area (Å²) in [7, 11) is 0. The van der Waals surface area contributed by atoms with E-state index in [-0.39, 0.29) is 5.91 Å². The van der Waals surface area contributed by atoms with Gasteiger partial charge in [0.15, 0.2) is 0 Å². The van der Waals surface area contributed by atoms with Gasteiger partial charge in [0, 0.05) is 12.1 Å². The molecule has 0 bridgehead atoms. The normalized spacial score (nSPS) is 10.3. The van der Waals surface area contributed by atoms with E-state index in [1.54, 1.807) is 0 Å². The van der Waals surface area contributed by atoms with Gasteiger partial charge in [-0.3, -0.25) is 9.78 Å². The smallest absolute Gasteiger partial charge is 0.220 e. The number of halogens is 1. The number of carbonyl (C=O) groups excluding carboxylic acids is 1. The van der Waals surface area contributed by atoms with Crippen molar-refractivity contribution < 1.29 is 9.53 Å². The van der Waals surface area contributed by atoms with Crippen LogP contribution in [0.2, 0.25) is 0 Å². The summed E-state index contributed by atoms with van der Waals surface area (Å²) < 4.78 is 6.55. The number of rotatable bonds is 7. The Morgan fingerprint density at radius 1 is 1.23 bits per heavy atom. The summed E-state index contributed by atoms with van der Waals surface area (Å²) in [6.07, 6.45) is 1.12. The number of nitrogens with one attached hydrogen (secondary N) is 1. The van der Waals surface area contributed by atoms with E-state index in [0.29, 0.717) is 26.0 Å². The second-order valence-electron chi connectivity index (χ2n) is 4.93. The van der Waals surface area contributed by atoms with Gasteiger partial charge < -0.3 is 10.1 Å². The number of amides is 1. The standard InChI is InChI=1S/C17H19BrN2O2/c1-13-6-4-7-14(20-13)12-19-17(21)10-5-11-22-16-9-3-2-8-15(16)18/h2-4,6-9H,5,10-12H2,1H3,(H,19,21). The molecule has 22 heavy (non-hydrogen) atoms. The number of pyridine rings is 1. The molecule has 0 aliphatic carbocycles. The van der Waals surface area contributed by atoms with E-state index in [2.05, 4.69) is 26.2 Å². The third-order valence-electron chi connectivity index (χ3n) is 3.06. The lowest BCUT2D eigenvalue weighted by molar-refractivity contribution is -0.121. The summed E-state index contributed by atoms with van der Waals surface area (Å²) in [6.45, 7) is 2.91. The van der Waals surface area contributed by atoms with Crippen molar-refractivity contribution in [2.24, 2.45) is 0 Å². The molecule has 0 unspecified atom stereocenters. The molecule has 0 saturated heterocycles. The fraction of sp³-hybridized carbons (Fsp3) is 0.294. The summed E-state index contributed by atoms with van der Waals surface area (Å²) in [5.41, 5.74) is 1.83. The van der Waals surface area contributed by atoms with Gasteiger partial charge in [0.1, 0.15) is 5.75 Å². The van der Waals surface area contributed by atoms with Crippen LogP contribution in [-0.4, -0.2) is 17.5 Å². The number of hydrogen-bond acceptors (Lipinski definition) is 3. The minimum absolute atomic E-state index is 0.0130. The Kier molecular flexibility index (Phi) is 6.40. The predicted molar refractivity (Wildman–Crippen MR) is 89.7 cm³/mol. The summed E-state index contributed by atoms with van der Waals surface area (Å²) in [5, 5.41) is 2.87. The molecule has 1 aromatic heterocycles. The molecular formula is C17H19BrN2O2. The van der Waals surface area contributed by atoms with Crippen molar-refractivity contribution in [1.29, 1.82) is 0 Å². The average Bonchev–Trinajstić information content (AvgIpc) is 2.51. The van der Waals surface area contributed by atoms with Gasteiger partial charge in [0.25, 0.3) is 0 Å². The summed E-state index contributed by atoms with van der Waals surface area (Å²) >= 11 is 3.42. The maximum Gasteiger partial charge on any atom is 0.220 e. The zero-order valence-corrected chi connectivity index (χ0v) is 14.1. The second kappa shape index (κ2) is 8.54. The topological polar surface area (TPSA) is 51.2 Å². The number of aromatic nitrogens is 1. The monoisotopic (exact) mass is 362 g/mol. The van der Waals surface area contributed by atoms with Gasteiger partial charge in [-0.15, -0.1) is 0 Å². The first kappa shape index (κ1) is 16.5. The number of nitrogens with zero attached hydrogens (tertiary/aromatic N) is 1. The highest BCUT2D eigenvalue weighted by molar-refractivity contribution is 9.10. The molecule has 0 atom stereocenters. The molecule has 2 rings (SSSR count). The van der Waals surface area contributed by atoms with E-state index < -0.39 is 0 Å². The third kappa shape index (κ3) is 5.48. The van der Waals surface area contributed by atoms with Crippen molar-refractivity contribution in [3.8, 4) is 5.75 Å². The highest BCUT2D eigenvalue weighted by Gasteiger charge is 2.04. The molecule has 0 saturated carbocycles. The molecule has 116 valence electrons. The van der Waals surface area contributed by atoms with Crippen molar-refractivity contribution in [3.05, 3.63) is 58.3 Å². The van der Waals surface area contributed by atoms with Gasteiger partial charge in [-0.25, -0.2) is 0 Å². The molecule has 2 aromatic rings. The lowest BCUT2D eigenvalue weighted by Crippen LogP contribution is -2.23. The van der Waals surface area contributed by atoms with Crippen LogP contribution in [-0.2, 0) is 11.3 Å². The molecule has 0 radical (unpaired) electrons. The lowest BCUT2D eigenvalue weighted by Gasteiger charge is -2.08. The van der Waals surface area contributed by atoms with Gasteiger partial charge >= 0.3 is 0 Å². The van der Waals surface area contributed by atoms with Crippen molar-refractivity contribution in [2.75, 3.05) is 6.61 Å². The summed E-state index contributed by atoms with van der Waals surface area (Å²) in [5.74, 6) is 0.811. The molecule has 0 aliphatic heterocycles. The van der Waals surface area contributed by atoms with Crippen LogP contribution in [0.25, 0.3) is 0 Å². The zero-order chi connectivity index (χ0) is 15.8. The molecule has 0 fully saturated rings. The predicted octanol–water partition coefficient (Wildman–Crippen LogP) is 3.63. The molecule has 0 spiro atoms. The van der Waals surface area contributed by atoms with Crippen LogP contribution in [0.3, 0.4) is 0 Å². The summed E-state index contributed by atoms with van der Waals surface area (Å²) in [4.78, 5) is 16.1. The van der Waals surface area contributed by atoms with Crippen LogP contribution in [0.5, 0.6) is 5.75 Å². The maximum absolute atomic E-state index is 11.8. The second-order valence-corrected chi connectivity index (χ2v) is 5.78. The van der Waals surface area contributed by atoms with Crippen LogP contribution in [0.15, 0.2) is 46.9 Å². The van der Waals surface area contributed by atoms with Crippen LogP contribution in [0, 0.1) is 6.92 Å². The number of hydrogen-bond donors (Lipinski definition) is 1. The SMILES string of the molecule is Cc1cccc(CNC(=O)CCCOc2ccccc2Br)n1. The molecule has 4 nitrogen and oxygen atoms in total. The lowest BCUT2D eigenvalue weighted by atomic mass is 10.3. The molecule has 1 N–H and O–H groups in total. The Morgan fingerprint density at radius 2 is 2.05 bits per heavy atom. The highest BCUT2D eigenvalue weighted by Crippen LogP contribution is 2.23. The average molecular weight is 363 g/mol. The highest BCUT2D eigenvalue weighted by atomic mass is 79.9. The van der Waals surface area contributed by atoms with Crippen molar-refractivity contribution in [3.63, 3.8) is 0 Å². The minimum atomic E-state index is 0.0130. The van der Waals surface area contributed by atoms with Gasteiger partial charge in [-0.05, 0) is 53.5 Å². The largest absolute Gasteiger partial charge is 0.492 e. The van der Waals surface area contributed by atoms with E-state index in [1.165, 1.54) is 0 Å². The minimum Gasteiger partial charge on any atom is -0.492 e. The fourth-order valence-corrected chi connectivity index (χ4v) is 2.35. The van der Waals surface area contributed by atoms with E-state index in [1.807, 2.05) is 49.4 Å². The zero-order valence-electron chi connectivity index (χ0n) is 12.5. The Hall–Kier alpha value is -1.88. The Bertz CT molecular complexity index is 632. The van der Waals surface area contributed by atoms with Crippen LogP contribution < -0.4 is 10.1 Å². The Balaban J connectivity index is 1.65. The molecule has 5 heteroatoms. The molecular weight excluding hydrogens is 344 g/mol. The van der Waals surface area contributed by atoms with E-state index in [0.717, 1.165) is 21.6 Å². The quantitative estimate of drug-likeness (QED) is 0.765. The first-order chi connectivity index (χ1) is 10.6. The molecule has 0 aliphatic rings. The number of benzene rings is 1. The first-order valence-electron chi connectivity index (χ1n) is 7.22. The number of aryl methyl sites for hydroxylation is 1. The molecule has 1 heterocycles. The van der Waals surface area contributed by atoms with Crippen LogP contribution >= 0.6 is 15.9 Å². The van der Waals surface area contributed by atoms with E-state index >= 15 is 0 Å². The van der Waals surface area contributed by atoms with E-state index in [9.17, 15) is 4.79 Å². The van der Waals surface area contributed by atoms with Crippen molar-refractivity contribution >= 4 is 21.8 Å². The Labute approximate surface area is 139 Å². The van der Waals surface area contributed by atoms with E-state index in [4.69, 9.17) is 4.74 Å². The summed E-state index contributed by atoms with van der Waals surface area (Å²) in [6, 6.07) is 13.5. The molecule has 1 aromatic carbocycles. The van der Waals surface area contributed by atoms with Gasteiger partial charge in [0.05, 0.1) is 23.3 Å². The van der Waals surface area contributed by atoms with Gasteiger partial charge in [0.2, 0.25) is 5.91 Å². The number of ether oxygens (including phenoxy) is 1. The van der Waals surface area contributed by atoms with Crippen LogP contribution in [0.1, 0.15) is 24.2 Å². The number of carbonyl (C=O) groups is 1. The first-order valence-corrected chi connectivity index (χ1v) is 8.01. The maximum atomic E-state index is 11.8. The number of para-hydroxylation sites is 1. The van der Waals surface area contributed by atoms with Crippen LogP contribution in [0.4, 0.5) is 0 Å². The van der Waals surface area contributed by atoms with Crippen molar-refractivity contribution in [1.82, 2.24) is 10.3 Å².